The van der Waals surface area contributed by atoms with E-state index >= 15 is 0 Å². The molecule has 0 aliphatic carbocycles. The monoisotopic (exact) mass is 324 g/mol. The summed E-state index contributed by atoms with van der Waals surface area (Å²) in [6.07, 6.45) is 0. The molecule has 0 saturated carbocycles. The second-order valence-corrected chi connectivity index (χ2v) is 7.01. The fourth-order valence-corrected chi connectivity index (χ4v) is 2.26. The zero-order valence-corrected chi connectivity index (χ0v) is 14.4. The average Bonchev–Trinajstić information content (AvgIpc) is 2.38. The molecular formula is C17H27FN3O2+. The highest BCUT2D eigenvalue weighted by atomic mass is 19.1. The average molecular weight is 324 g/mol. The first-order valence-corrected chi connectivity index (χ1v) is 7.79. The molecule has 4 N–H and O–H groups in total. The van der Waals surface area contributed by atoms with Gasteiger partial charge in [-0.3, -0.25) is 10.1 Å². The first kappa shape index (κ1) is 19.1. The van der Waals surface area contributed by atoms with Gasteiger partial charge in [-0.2, -0.15) is 0 Å². The standard InChI is InChI=1S/C17H26FN3O2/c1-11(2)15(12-6-8-13(18)9-7-12)19-10-14(22)20-16(23)21-17(3,4)5/h6-9,11,15,19H,10H2,1-5H3,(H2,20,21,22,23)/p+1/t15-/m1/s1. The van der Waals surface area contributed by atoms with Crippen molar-refractivity contribution in [3.63, 3.8) is 0 Å². The topological polar surface area (TPSA) is 74.8 Å². The van der Waals surface area contributed by atoms with Crippen LogP contribution in [0.3, 0.4) is 0 Å². The molecule has 128 valence electrons. The molecule has 1 aromatic rings. The molecule has 23 heavy (non-hydrogen) atoms. The van der Waals surface area contributed by atoms with Crippen LogP contribution in [0, 0.1) is 11.7 Å². The van der Waals surface area contributed by atoms with E-state index in [4.69, 9.17) is 0 Å². The van der Waals surface area contributed by atoms with E-state index in [0.29, 0.717) is 0 Å². The van der Waals surface area contributed by atoms with Crippen LogP contribution in [0.2, 0.25) is 0 Å². The predicted molar refractivity (Wildman–Crippen MR) is 87.2 cm³/mol. The number of quaternary nitrogens is 1. The van der Waals surface area contributed by atoms with Gasteiger partial charge in [0.15, 0.2) is 6.54 Å². The lowest BCUT2D eigenvalue weighted by molar-refractivity contribution is -0.692. The molecule has 0 saturated heterocycles. The second-order valence-electron chi connectivity index (χ2n) is 7.01. The second kappa shape index (κ2) is 8.06. The smallest absolute Gasteiger partial charge is 0.322 e. The van der Waals surface area contributed by atoms with E-state index in [-0.39, 0.29) is 30.2 Å². The van der Waals surface area contributed by atoms with E-state index in [1.165, 1.54) is 12.1 Å². The number of carbonyl (C=O) groups is 2. The molecule has 1 rings (SSSR count). The largest absolute Gasteiger partial charge is 0.333 e. The van der Waals surface area contributed by atoms with Crippen LogP contribution in [0.5, 0.6) is 0 Å². The maximum atomic E-state index is 13.0. The Bertz CT molecular complexity index is 536. The minimum Gasteiger partial charge on any atom is -0.333 e. The Balaban J connectivity index is 2.57. The lowest BCUT2D eigenvalue weighted by atomic mass is 9.96. The van der Waals surface area contributed by atoms with Gasteiger partial charge in [0.25, 0.3) is 5.91 Å². The van der Waals surface area contributed by atoms with Crippen molar-refractivity contribution in [1.29, 1.82) is 0 Å². The Morgan fingerprint density at radius 2 is 1.74 bits per heavy atom. The number of nitrogens with one attached hydrogen (secondary N) is 2. The zero-order chi connectivity index (χ0) is 17.6. The van der Waals surface area contributed by atoms with Crippen LogP contribution in [0.25, 0.3) is 0 Å². The lowest BCUT2D eigenvalue weighted by Gasteiger charge is -2.21. The van der Waals surface area contributed by atoms with Crippen molar-refractivity contribution >= 4 is 11.9 Å². The first-order valence-electron chi connectivity index (χ1n) is 7.79. The molecule has 3 amide bonds. The van der Waals surface area contributed by atoms with E-state index < -0.39 is 11.6 Å². The number of hydrogen-bond donors (Lipinski definition) is 3. The molecule has 1 atom stereocenters. The third-order valence-corrected chi connectivity index (χ3v) is 3.27. The van der Waals surface area contributed by atoms with Crippen molar-refractivity contribution in [3.8, 4) is 0 Å². The van der Waals surface area contributed by atoms with Crippen LogP contribution in [0.15, 0.2) is 24.3 Å². The summed E-state index contributed by atoms with van der Waals surface area (Å²) in [4.78, 5) is 23.5. The minimum absolute atomic E-state index is 0.0204. The van der Waals surface area contributed by atoms with Gasteiger partial charge in [-0.05, 0) is 32.9 Å². The number of halogens is 1. The third kappa shape index (κ3) is 7.23. The lowest BCUT2D eigenvalue weighted by Crippen LogP contribution is -2.88. The van der Waals surface area contributed by atoms with Crippen molar-refractivity contribution in [2.24, 2.45) is 5.92 Å². The van der Waals surface area contributed by atoms with Crippen LogP contribution in [0.4, 0.5) is 9.18 Å². The summed E-state index contributed by atoms with van der Waals surface area (Å²) in [5, 5.41) is 6.84. The Kier molecular flexibility index (Phi) is 6.69. The maximum Gasteiger partial charge on any atom is 0.322 e. The normalized spacial score (nSPS) is 12.8. The SMILES string of the molecule is CC(C)[C@@H]([NH2+]CC(=O)NC(=O)NC(C)(C)C)c1ccc(F)cc1. The first-order chi connectivity index (χ1) is 10.6. The minimum atomic E-state index is -0.501. The highest BCUT2D eigenvalue weighted by Gasteiger charge is 2.22. The molecule has 0 aliphatic heterocycles. The Morgan fingerprint density at radius 1 is 1.17 bits per heavy atom. The summed E-state index contributed by atoms with van der Waals surface area (Å²) >= 11 is 0. The predicted octanol–water partition coefficient (Wildman–Crippen LogP) is 1.71. The van der Waals surface area contributed by atoms with Gasteiger partial charge >= 0.3 is 6.03 Å². The molecule has 5 nitrogen and oxygen atoms in total. The maximum absolute atomic E-state index is 13.0. The van der Waals surface area contributed by atoms with Crippen LogP contribution < -0.4 is 16.0 Å². The number of urea groups is 1. The third-order valence-electron chi connectivity index (χ3n) is 3.27. The van der Waals surface area contributed by atoms with Crippen molar-refractivity contribution < 1.29 is 19.3 Å². The number of benzene rings is 1. The van der Waals surface area contributed by atoms with Gasteiger partial charge in [0.05, 0.1) is 0 Å². The zero-order valence-electron chi connectivity index (χ0n) is 14.4. The molecule has 0 spiro atoms. The van der Waals surface area contributed by atoms with Gasteiger partial charge in [0.2, 0.25) is 0 Å². The molecule has 1 aromatic carbocycles. The molecule has 0 aromatic heterocycles. The van der Waals surface area contributed by atoms with Gasteiger partial charge in [-0.1, -0.05) is 26.0 Å². The van der Waals surface area contributed by atoms with E-state index in [2.05, 4.69) is 10.6 Å². The van der Waals surface area contributed by atoms with Crippen LogP contribution in [0.1, 0.15) is 46.2 Å². The summed E-state index contributed by atoms with van der Waals surface area (Å²) in [7, 11) is 0. The highest BCUT2D eigenvalue weighted by Crippen LogP contribution is 2.17. The fraction of sp³-hybridized carbons (Fsp3) is 0.529. The molecule has 0 unspecified atom stereocenters. The molecule has 0 bridgehead atoms. The van der Waals surface area contributed by atoms with Crippen molar-refractivity contribution in [2.45, 2.75) is 46.2 Å². The fourth-order valence-electron chi connectivity index (χ4n) is 2.26. The van der Waals surface area contributed by atoms with Gasteiger partial charge in [0.1, 0.15) is 11.9 Å². The number of amides is 3. The molecule has 0 fully saturated rings. The number of carbonyl (C=O) groups excluding carboxylic acids is 2. The summed E-state index contributed by atoms with van der Waals surface area (Å²) in [5.74, 6) is -0.385. The van der Waals surface area contributed by atoms with Gasteiger partial charge in [0, 0.05) is 17.0 Å². The highest BCUT2D eigenvalue weighted by molar-refractivity contribution is 5.94. The molecular weight excluding hydrogens is 297 g/mol. The summed E-state index contributed by atoms with van der Waals surface area (Å²) in [5.41, 5.74) is 0.552. The van der Waals surface area contributed by atoms with E-state index in [9.17, 15) is 14.0 Å². The van der Waals surface area contributed by atoms with Crippen molar-refractivity contribution in [3.05, 3.63) is 35.6 Å². The molecule has 0 aliphatic rings. The Morgan fingerprint density at radius 3 is 2.22 bits per heavy atom. The summed E-state index contributed by atoms with van der Waals surface area (Å²) in [6.45, 7) is 9.72. The number of imide groups is 1. The van der Waals surface area contributed by atoms with E-state index in [1.54, 1.807) is 12.1 Å². The molecule has 0 heterocycles. The van der Waals surface area contributed by atoms with Gasteiger partial charge in [-0.15, -0.1) is 0 Å². The quantitative estimate of drug-likeness (QED) is 0.771. The molecule has 6 heteroatoms. The van der Waals surface area contributed by atoms with E-state index in [1.807, 2.05) is 39.9 Å². The van der Waals surface area contributed by atoms with Gasteiger partial charge in [-0.25, -0.2) is 9.18 Å². The van der Waals surface area contributed by atoms with Crippen molar-refractivity contribution in [1.82, 2.24) is 10.6 Å². The number of hydrogen-bond acceptors (Lipinski definition) is 2. The van der Waals surface area contributed by atoms with Crippen LogP contribution >= 0.6 is 0 Å². The Labute approximate surface area is 137 Å². The Hall–Kier alpha value is -1.95. The number of rotatable bonds is 5. The summed E-state index contributed by atoms with van der Waals surface area (Å²) in [6, 6.07) is 5.79. The van der Waals surface area contributed by atoms with Crippen molar-refractivity contribution in [2.75, 3.05) is 6.54 Å². The molecule has 0 radical (unpaired) electrons. The summed E-state index contributed by atoms with van der Waals surface area (Å²) < 4.78 is 13.0. The van der Waals surface area contributed by atoms with Gasteiger partial charge < -0.3 is 10.6 Å². The number of nitrogens with two attached hydrogens (primary N) is 1. The van der Waals surface area contributed by atoms with E-state index in [0.717, 1.165) is 5.56 Å². The van der Waals surface area contributed by atoms with Crippen LogP contribution in [-0.4, -0.2) is 24.0 Å². The van der Waals surface area contributed by atoms with Crippen LogP contribution in [-0.2, 0) is 4.79 Å².